The van der Waals surface area contributed by atoms with E-state index in [-0.39, 0.29) is 0 Å². The van der Waals surface area contributed by atoms with Crippen molar-refractivity contribution in [1.82, 2.24) is 24.5 Å². The predicted molar refractivity (Wildman–Crippen MR) is 201 cm³/mol. The van der Waals surface area contributed by atoms with E-state index >= 15 is 0 Å². The molecular weight excluding hydrogens is 599 g/mol. The highest BCUT2D eigenvalue weighted by Crippen LogP contribution is 2.39. The summed E-state index contributed by atoms with van der Waals surface area (Å²) in [5, 5.41) is 8.19. The fourth-order valence-electron chi connectivity index (χ4n) is 7.15. The zero-order valence-corrected chi connectivity index (χ0v) is 26.3. The molecule has 0 spiro atoms. The normalized spacial score (nSPS) is 11.7. The summed E-state index contributed by atoms with van der Waals surface area (Å²) in [7, 11) is 0. The van der Waals surface area contributed by atoms with E-state index in [2.05, 4.69) is 126 Å². The molecule has 0 saturated heterocycles. The van der Waals surface area contributed by atoms with Crippen LogP contribution in [0.15, 0.2) is 164 Å². The number of para-hydroxylation sites is 1. The summed E-state index contributed by atoms with van der Waals surface area (Å²) in [6, 6.07) is 50.8. The molecule has 5 heteroatoms. The molecule has 0 amide bonds. The van der Waals surface area contributed by atoms with Crippen LogP contribution in [0.3, 0.4) is 0 Å². The zero-order valence-electron chi connectivity index (χ0n) is 26.3. The van der Waals surface area contributed by atoms with Crippen LogP contribution in [0.5, 0.6) is 0 Å². The highest BCUT2D eigenvalue weighted by Gasteiger charge is 2.17. The molecule has 5 heterocycles. The fraction of sp³-hybridized carbons (Fsp3) is 0. The van der Waals surface area contributed by atoms with Crippen molar-refractivity contribution in [1.29, 1.82) is 0 Å². The molecule has 0 aliphatic carbocycles. The van der Waals surface area contributed by atoms with Crippen molar-refractivity contribution in [3.8, 4) is 39.6 Å². The maximum atomic E-state index is 5.00. The van der Waals surface area contributed by atoms with E-state index in [1.807, 2.05) is 42.9 Å². The Bertz CT molecular complexity index is 2860. The van der Waals surface area contributed by atoms with E-state index in [9.17, 15) is 0 Å². The van der Waals surface area contributed by atoms with Crippen LogP contribution in [-0.2, 0) is 0 Å². The van der Waals surface area contributed by atoms with Gasteiger partial charge < -0.3 is 0 Å². The predicted octanol–water partition coefficient (Wildman–Crippen LogP) is 10.8. The van der Waals surface area contributed by atoms with E-state index in [4.69, 9.17) is 19.9 Å². The molecule has 5 aromatic heterocycles. The van der Waals surface area contributed by atoms with Crippen LogP contribution in [0.2, 0.25) is 0 Å². The first-order chi connectivity index (χ1) is 24.3. The fourth-order valence-corrected chi connectivity index (χ4v) is 7.15. The first-order valence-corrected chi connectivity index (χ1v) is 16.4. The second-order valence-electron chi connectivity index (χ2n) is 12.4. The minimum absolute atomic E-state index is 0.859. The smallest absolute Gasteiger partial charge is 0.137 e. The third-order valence-electron chi connectivity index (χ3n) is 9.53. The van der Waals surface area contributed by atoms with Crippen molar-refractivity contribution in [2.24, 2.45) is 0 Å². The van der Waals surface area contributed by atoms with Gasteiger partial charge in [0.1, 0.15) is 5.82 Å². The lowest BCUT2D eigenvalue weighted by molar-refractivity contribution is 1.08. The van der Waals surface area contributed by atoms with Gasteiger partial charge in [0.25, 0.3) is 0 Å². The van der Waals surface area contributed by atoms with Gasteiger partial charge in [-0.15, -0.1) is 0 Å². The molecule has 0 N–H and O–H groups in total. The molecule has 10 rings (SSSR count). The van der Waals surface area contributed by atoms with Crippen molar-refractivity contribution in [3.05, 3.63) is 164 Å². The third-order valence-corrected chi connectivity index (χ3v) is 9.53. The topological polar surface area (TPSA) is 56.5 Å². The Morgan fingerprint density at radius 2 is 1.12 bits per heavy atom. The number of fused-ring (bicyclic) bond motifs is 7. The Balaban J connectivity index is 1.10. The first-order valence-electron chi connectivity index (χ1n) is 16.4. The summed E-state index contributed by atoms with van der Waals surface area (Å²) < 4.78 is 2.27. The first kappa shape index (κ1) is 27.4. The van der Waals surface area contributed by atoms with Crippen LogP contribution in [0.1, 0.15) is 0 Å². The number of pyridine rings is 4. The van der Waals surface area contributed by atoms with Crippen molar-refractivity contribution in [2.45, 2.75) is 0 Å². The van der Waals surface area contributed by atoms with Gasteiger partial charge in [0.15, 0.2) is 0 Å². The van der Waals surface area contributed by atoms with Crippen LogP contribution in [0.4, 0.5) is 0 Å². The number of nitrogens with zero attached hydrogens (tertiary/aromatic N) is 5. The molecule has 0 aliphatic heterocycles. The Morgan fingerprint density at radius 1 is 0.429 bits per heavy atom. The quantitative estimate of drug-likeness (QED) is 0.195. The van der Waals surface area contributed by atoms with Crippen LogP contribution < -0.4 is 0 Å². The largest absolute Gasteiger partial charge is 0.294 e. The lowest BCUT2D eigenvalue weighted by Crippen LogP contribution is -1.97. The minimum atomic E-state index is 0.859. The highest BCUT2D eigenvalue weighted by atomic mass is 15.1. The average molecular weight is 626 g/mol. The second kappa shape index (κ2) is 10.9. The lowest BCUT2D eigenvalue weighted by Gasteiger charge is -2.09. The van der Waals surface area contributed by atoms with Gasteiger partial charge in [0.2, 0.25) is 0 Å². The summed E-state index contributed by atoms with van der Waals surface area (Å²) in [5.74, 6) is 0.859. The van der Waals surface area contributed by atoms with Gasteiger partial charge in [0.05, 0.1) is 33.6 Å². The summed E-state index contributed by atoms with van der Waals surface area (Å²) in [4.78, 5) is 19.5. The van der Waals surface area contributed by atoms with Crippen LogP contribution in [0.25, 0.3) is 93.8 Å². The SMILES string of the molecule is c1ccc2nc(-c3ccc(-n4c5ccc(-c6ccc(-c7nccc8ccccc78)cn6)cc5c5c6ccccc6ccc54)nc3)ccc2c1. The second-order valence-corrected chi connectivity index (χ2v) is 12.4. The standard InChI is InChI=1S/C44H27N5/c1-4-10-34-28(7-1)15-21-41-43(34)36-25-31(37-18-14-33(27-46-37)44-35-11-5-2-8-29(35)23-24-45-44)16-20-40(36)49(41)42-22-17-32(26-47-42)39-19-13-30-9-3-6-12-38(30)48-39/h1-27H. The Hall–Kier alpha value is -6.72. The maximum Gasteiger partial charge on any atom is 0.137 e. The molecule has 5 aromatic carbocycles. The lowest BCUT2D eigenvalue weighted by atomic mass is 10.0. The molecule has 0 radical (unpaired) electrons. The van der Waals surface area contributed by atoms with Gasteiger partial charge in [-0.25, -0.2) is 9.97 Å². The van der Waals surface area contributed by atoms with Gasteiger partial charge >= 0.3 is 0 Å². The Labute approximate surface area is 281 Å². The van der Waals surface area contributed by atoms with Crippen molar-refractivity contribution in [2.75, 3.05) is 0 Å². The van der Waals surface area contributed by atoms with E-state index < -0.39 is 0 Å². The maximum absolute atomic E-state index is 5.00. The summed E-state index contributed by atoms with van der Waals surface area (Å²) in [5.41, 5.74) is 8.98. The monoisotopic (exact) mass is 625 g/mol. The van der Waals surface area contributed by atoms with Gasteiger partial charge in [0, 0.05) is 56.8 Å². The molecular formula is C44H27N5. The van der Waals surface area contributed by atoms with Gasteiger partial charge in [-0.3, -0.25) is 14.5 Å². The third kappa shape index (κ3) is 4.48. The molecule has 0 saturated carbocycles. The molecule has 10 aromatic rings. The van der Waals surface area contributed by atoms with Crippen LogP contribution >= 0.6 is 0 Å². The molecule has 5 nitrogen and oxygen atoms in total. The average Bonchev–Trinajstić information content (AvgIpc) is 3.52. The molecule has 0 unspecified atom stereocenters. The molecule has 0 bridgehead atoms. The van der Waals surface area contributed by atoms with Crippen molar-refractivity contribution in [3.63, 3.8) is 0 Å². The van der Waals surface area contributed by atoms with Crippen LogP contribution in [-0.4, -0.2) is 24.5 Å². The number of aromatic nitrogens is 5. The van der Waals surface area contributed by atoms with E-state index in [1.54, 1.807) is 0 Å². The number of benzene rings is 5. The molecule has 0 atom stereocenters. The number of hydrogen-bond acceptors (Lipinski definition) is 4. The van der Waals surface area contributed by atoms with Crippen molar-refractivity contribution >= 4 is 54.3 Å². The van der Waals surface area contributed by atoms with Gasteiger partial charge in [-0.2, -0.15) is 0 Å². The molecule has 0 aliphatic rings. The summed E-state index contributed by atoms with van der Waals surface area (Å²) in [6.07, 6.45) is 5.72. The zero-order chi connectivity index (χ0) is 32.3. The van der Waals surface area contributed by atoms with E-state index in [0.717, 1.165) is 72.3 Å². The number of rotatable bonds is 4. The van der Waals surface area contributed by atoms with Gasteiger partial charge in [-0.1, -0.05) is 84.9 Å². The van der Waals surface area contributed by atoms with Crippen LogP contribution in [0, 0.1) is 0 Å². The van der Waals surface area contributed by atoms with Gasteiger partial charge in [-0.05, 0) is 76.8 Å². The Morgan fingerprint density at radius 3 is 1.96 bits per heavy atom. The van der Waals surface area contributed by atoms with E-state index in [0.29, 0.717) is 0 Å². The molecule has 228 valence electrons. The van der Waals surface area contributed by atoms with Crippen molar-refractivity contribution < 1.29 is 0 Å². The molecule has 49 heavy (non-hydrogen) atoms. The minimum Gasteiger partial charge on any atom is -0.294 e. The number of hydrogen-bond donors (Lipinski definition) is 0. The molecule has 0 fully saturated rings. The summed E-state index contributed by atoms with van der Waals surface area (Å²) in [6.45, 7) is 0. The summed E-state index contributed by atoms with van der Waals surface area (Å²) >= 11 is 0. The van der Waals surface area contributed by atoms with E-state index in [1.165, 1.54) is 21.5 Å². The Kier molecular flexibility index (Phi) is 6.11. The highest BCUT2D eigenvalue weighted by molar-refractivity contribution is 6.21.